The number of carbonyl (C=O) groups is 3. The fraction of sp³-hybridized carbons (Fsp3) is 0.571. The van der Waals surface area contributed by atoms with E-state index in [1.54, 1.807) is 18.2 Å². The zero-order valence-electron chi connectivity index (χ0n) is 18.6. The van der Waals surface area contributed by atoms with E-state index >= 15 is 0 Å². The third-order valence-electron chi connectivity index (χ3n) is 5.34. The zero-order chi connectivity index (χ0) is 24.3. The first-order valence-corrected chi connectivity index (χ1v) is 12.2. The van der Waals surface area contributed by atoms with Gasteiger partial charge in [0.1, 0.15) is 6.04 Å². The van der Waals surface area contributed by atoms with E-state index in [0.717, 1.165) is 0 Å². The zero-order valence-corrected chi connectivity index (χ0v) is 19.5. The summed E-state index contributed by atoms with van der Waals surface area (Å²) in [6, 6.07) is 4.36. The summed E-state index contributed by atoms with van der Waals surface area (Å²) in [5.41, 5.74) is 9.23. The van der Waals surface area contributed by atoms with Crippen LogP contribution in [0.2, 0.25) is 0 Å². The molecule has 3 amide bonds. The van der Waals surface area contributed by atoms with Crippen molar-refractivity contribution in [2.45, 2.75) is 30.3 Å². The molecule has 0 radical (unpaired) electrons. The Balaban J connectivity index is 1.40. The van der Waals surface area contributed by atoms with Crippen molar-refractivity contribution >= 4 is 28.5 Å². The van der Waals surface area contributed by atoms with Crippen LogP contribution in [0.15, 0.2) is 28.2 Å². The first-order valence-electron chi connectivity index (χ1n) is 10.9. The molecule has 2 heterocycles. The number of azide groups is 1. The largest absolute Gasteiger partial charge is 0.379 e. The molecule has 0 aliphatic carbocycles. The number of nitrogens with one attached hydrogen (secondary N) is 1. The molecule has 1 saturated heterocycles. The molecule has 2 unspecified atom stereocenters. The van der Waals surface area contributed by atoms with Crippen LogP contribution in [-0.4, -0.2) is 84.8 Å². The molecule has 1 aromatic rings. The smallest absolute Gasteiger partial charge is 0.255 e. The number of rotatable bonds is 14. The van der Waals surface area contributed by atoms with Crippen LogP contribution < -0.4 is 5.32 Å². The number of hydrogen-bond acceptors (Lipinski definition) is 8. The van der Waals surface area contributed by atoms with Crippen LogP contribution in [0.25, 0.3) is 10.4 Å². The summed E-state index contributed by atoms with van der Waals surface area (Å²) in [7, 11) is -1.38. The highest BCUT2D eigenvalue weighted by molar-refractivity contribution is 7.85. The monoisotopic (exact) mass is 493 g/mol. The second kappa shape index (κ2) is 13.2. The fourth-order valence-electron chi connectivity index (χ4n) is 3.71. The molecule has 0 aromatic heterocycles. The van der Waals surface area contributed by atoms with Gasteiger partial charge in [-0.3, -0.25) is 23.9 Å². The van der Waals surface area contributed by atoms with Crippen LogP contribution in [0.1, 0.15) is 28.8 Å². The lowest BCUT2D eigenvalue weighted by atomic mass is 10.0. The predicted molar refractivity (Wildman–Crippen MR) is 120 cm³/mol. The third-order valence-corrected chi connectivity index (χ3v) is 6.75. The molecule has 2 aliphatic heterocycles. The highest BCUT2D eigenvalue weighted by Gasteiger charge is 2.40. The van der Waals surface area contributed by atoms with E-state index in [-0.39, 0.29) is 50.1 Å². The summed E-state index contributed by atoms with van der Waals surface area (Å²) in [5, 5.41) is 5.63. The summed E-state index contributed by atoms with van der Waals surface area (Å²) in [4.78, 5) is 41.1. The van der Waals surface area contributed by atoms with Crippen LogP contribution in [0.5, 0.6) is 0 Å². The number of ether oxygens (including phenoxy) is 3. The normalized spacial score (nSPS) is 18.4. The van der Waals surface area contributed by atoms with E-state index in [2.05, 4.69) is 15.3 Å². The van der Waals surface area contributed by atoms with Crippen molar-refractivity contribution in [3.05, 3.63) is 39.8 Å². The van der Waals surface area contributed by atoms with E-state index in [9.17, 15) is 18.6 Å². The average molecular weight is 494 g/mol. The van der Waals surface area contributed by atoms with Crippen molar-refractivity contribution in [1.29, 1.82) is 0 Å². The fourth-order valence-corrected chi connectivity index (χ4v) is 4.88. The average Bonchev–Trinajstić information content (AvgIpc) is 3.16. The van der Waals surface area contributed by atoms with Gasteiger partial charge in [-0.2, -0.15) is 0 Å². The molecule has 13 heteroatoms. The lowest BCUT2D eigenvalue weighted by molar-refractivity contribution is -0.136. The number of nitrogens with zero attached hydrogens (tertiary/aromatic N) is 4. The van der Waals surface area contributed by atoms with Crippen LogP contribution in [-0.2, 0) is 41.1 Å². The van der Waals surface area contributed by atoms with Gasteiger partial charge in [-0.25, -0.2) is 0 Å². The summed E-state index contributed by atoms with van der Waals surface area (Å²) in [6.45, 7) is 2.54. The molecule has 3 rings (SSSR count). The van der Waals surface area contributed by atoms with Gasteiger partial charge in [-0.1, -0.05) is 11.2 Å². The van der Waals surface area contributed by atoms with Gasteiger partial charge in [-0.15, -0.1) is 0 Å². The molecule has 2 aliphatic rings. The van der Waals surface area contributed by atoms with Gasteiger partial charge < -0.3 is 19.1 Å². The highest BCUT2D eigenvalue weighted by Crippen LogP contribution is 2.31. The molecular weight excluding hydrogens is 466 g/mol. The van der Waals surface area contributed by atoms with Crippen LogP contribution in [0.3, 0.4) is 0 Å². The molecule has 184 valence electrons. The molecule has 0 bridgehead atoms. The number of piperidine rings is 1. The Bertz CT molecular complexity index is 982. The molecule has 0 spiro atoms. The van der Waals surface area contributed by atoms with Crippen molar-refractivity contribution in [3.8, 4) is 0 Å². The van der Waals surface area contributed by atoms with Crippen LogP contribution >= 0.6 is 0 Å². The highest BCUT2D eigenvalue weighted by atomic mass is 32.2. The number of hydrogen-bond donors (Lipinski definition) is 1. The number of fused-ring (bicyclic) bond motifs is 1. The van der Waals surface area contributed by atoms with E-state index in [4.69, 9.17) is 19.7 Å². The number of amides is 3. The lowest BCUT2D eigenvalue weighted by Gasteiger charge is -2.29. The Hall–Kier alpha value is -2.83. The first-order chi connectivity index (χ1) is 16.5. The third kappa shape index (κ3) is 6.84. The molecular formula is C21H27N5O7S. The number of benzene rings is 1. The van der Waals surface area contributed by atoms with Crippen LogP contribution in [0, 0.1) is 0 Å². The van der Waals surface area contributed by atoms with E-state index in [1.807, 2.05) is 0 Å². The molecule has 12 nitrogen and oxygen atoms in total. The molecule has 1 aromatic carbocycles. The predicted octanol–water partition coefficient (Wildman–Crippen LogP) is 0.915. The second-order valence-corrected chi connectivity index (χ2v) is 9.06. The van der Waals surface area contributed by atoms with Crippen molar-refractivity contribution in [2.75, 3.05) is 51.9 Å². The summed E-state index contributed by atoms with van der Waals surface area (Å²) < 4.78 is 28.9. The van der Waals surface area contributed by atoms with Gasteiger partial charge in [0.05, 0.1) is 56.2 Å². The molecule has 1 fully saturated rings. The van der Waals surface area contributed by atoms with E-state index in [0.29, 0.717) is 49.1 Å². The summed E-state index contributed by atoms with van der Waals surface area (Å²) in [6.07, 6.45) is 0.460. The number of imide groups is 1. The molecule has 2 atom stereocenters. The Labute approximate surface area is 199 Å². The number of carbonyl (C=O) groups excluding carboxylic acids is 3. The first kappa shape index (κ1) is 25.8. The minimum absolute atomic E-state index is 0.181. The lowest BCUT2D eigenvalue weighted by Crippen LogP contribution is -2.52. The second-order valence-electron chi connectivity index (χ2n) is 7.52. The van der Waals surface area contributed by atoms with Gasteiger partial charge in [0.15, 0.2) is 0 Å². The maximum atomic E-state index is 12.9. The Morgan fingerprint density at radius 3 is 2.50 bits per heavy atom. The van der Waals surface area contributed by atoms with Crippen molar-refractivity contribution in [1.82, 2.24) is 10.2 Å². The van der Waals surface area contributed by atoms with Crippen LogP contribution in [0.4, 0.5) is 0 Å². The molecule has 1 N–H and O–H groups in total. The minimum Gasteiger partial charge on any atom is -0.379 e. The van der Waals surface area contributed by atoms with Gasteiger partial charge in [0, 0.05) is 40.4 Å². The Morgan fingerprint density at radius 1 is 1.09 bits per heavy atom. The topological polar surface area (TPSA) is 160 Å². The SMILES string of the molecule is [N-]=[N+]=NCCOCCOCCOCCS(=O)c1cccc2c1CN(C1CCC(=O)NC1=O)C2=O. The summed E-state index contributed by atoms with van der Waals surface area (Å²) >= 11 is 0. The maximum Gasteiger partial charge on any atom is 0.255 e. The maximum absolute atomic E-state index is 12.9. The standard InChI is InChI=1S/C21H27N5O7S/c22-25-23-6-7-31-8-9-32-10-11-33-12-13-34(30)18-3-1-2-15-16(18)14-26(21(15)29)17-4-5-19(27)24-20(17)28/h1-3,17H,4-14H2,(H,24,27,28). The molecule has 0 saturated carbocycles. The van der Waals surface area contributed by atoms with Gasteiger partial charge in [0.25, 0.3) is 5.91 Å². The summed E-state index contributed by atoms with van der Waals surface area (Å²) in [5.74, 6) is -0.854. The molecule has 34 heavy (non-hydrogen) atoms. The van der Waals surface area contributed by atoms with Gasteiger partial charge in [0.2, 0.25) is 11.8 Å². The van der Waals surface area contributed by atoms with Crippen molar-refractivity contribution in [3.63, 3.8) is 0 Å². The minimum atomic E-state index is -1.38. The van der Waals surface area contributed by atoms with Crippen molar-refractivity contribution in [2.24, 2.45) is 5.11 Å². The van der Waals surface area contributed by atoms with Gasteiger partial charge >= 0.3 is 0 Å². The Morgan fingerprint density at radius 2 is 1.79 bits per heavy atom. The Kier molecular flexibility index (Phi) is 9.98. The van der Waals surface area contributed by atoms with E-state index < -0.39 is 22.7 Å². The van der Waals surface area contributed by atoms with Crippen molar-refractivity contribution < 1.29 is 32.8 Å². The van der Waals surface area contributed by atoms with E-state index in [1.165, 1.54) is 4.90 Å². The quantitative estimate of drug-likeness (QED) is 0.132. The van der Waals surface area contributed by atoms with Gasteiger partial charge in [-0.05, 0) is 24.1 Å².